The van der Waals surface area contributed by atoms with Crippen LogP contribution in [0.5, 0.6) is 5.75 Å². The van der Waals surface area contributed by atoms with Crippen molar-refractivity contribution < 1.29 is 14.2 Å². The van der Waals surface area contributed by atoms with Crippen LogP contribution in [0.2, 0.25) is 0 Å². The molecule has 0 saturated heterocycles. The molecule has 1 aromatic carbocycles. The highest BCUT2D eigenvalue weighted by Crippen LogP contribution is 2.22. The first-order chi connectivity index (χ1) is 8.04. The van der Waals surface area contributed by atoms with Crippen molar-refractivity contribution in [1.29, 1.82) is 0 Å². The van der Waals surface area contributed by atoms with Gasteiger partial charge < -0.3 is 9.84 Å². The number of aliphatic hydroxyl groups excluding tert-OH is 1. The van der Waals surface area contributed by atoms with Gasteiger partial charge in [-0.15, -0.1) is 0 Å². The van der Waals surface area contributed by atoms with Gasteiger partial charge in [-0.05, 0) is 37.0 Å². The molecule has 0 amide bonds. The zero-order chi connectivity index (χ0) is 12.8. The molecular formula is C14H21FO2. The molecule has 0 fully saturated rings. The summed E-state index contributed by atoms with van der Waals surface area (Å²) in [7, 11) is 0. The quantitative estimate of drug-likeness (QED) is 0.821. The Morgan fingerprint density at radius 1 is 1.35 bits per heavy atom. The molecule has 0 aliphatic carbocycles. The van der Waals surface area contributed by atoms with Crippen molar-refractivity contribution in [3.8, 4) is 5.75 Å². The van der Waals surface area contributed by atoms with Crippen molar-refractivity contribution >= 4 is 0 Å². The van der Waals surface area contributed by atoms with Crippen LogP contribution < -0.4 is 4.74 Å². The summed E-state index contributed by atoms with van der Waals surface area (Å²) < 4.78 is 19.0. The van der Waals surface area contributed by atoms with E-state index in [1.54, 1.807) is 19.1 Å². The second kappa shape index (κ2) is 6.60. The largest absolute Gasteiger partial charge is 0.490 e. The first-order valence-corrected chi connectivity index (χ1v) is 6.14. The Labute approximate surface area is 102 Å². The van der Waals surface area contributed by atoms with E-state index < -0.39 is 11.9 Å². The van der Waals surface area contributed by atoms with E-state index in [9.17, 15) is 9.50 Å². The van der Waals surface area contributed by atoms with E-state index in [-0.39, 0.29) is 5.75 Å². The molecule has 0 saturated carbocycles. The van der Waals surface area contributed by atoms with Gasteiger partial charge in [0, 0.05) is 0 Å². The highest BCUT2D eigenvalue weighted by molar-refractivity contribution is 5.30. The van der Waals surface area contributed by atoms with Crippen LogP contribution in [0.25, 0.3) is 0 Å². The molecule has 0 aliphatic rings. The Morgan fingerprint density at radius 3 is 2.59 bits per heavy atom. The molecular weight excluding hydrogens is 219 g/mol. The molecule has 2 atom stereocenters. The van der Waals surface area contributed by atoms with Gasteiger partial charge >= 0.3 is 0 Å². The molecule has 0 bridgehead atoms. The van der Waals surface area contributed by atoms with E-state index in [4.69, 9.17) is 4.74 Å². The van der Waals surface area contributed by atoms with Gasteiger partial charge in [-0.2, -0.15) is 0 Å². The van der Waals surface area contributed by atoms with E-state index in [0.717, 1.165) is 12.8 Å². The fourth-order valence-electron chi connectivity index (χ4n) is 1.70. The third kappa shape index (κ3) is 4.35. The number of benzene rings is 1. The lowest BCUT2D eigenvalue weighted by Crippen LogP contribution is -2.09. The molecule has 96 valence electrons. The van der Waals surface area contributed by atoms with Crippen molar-refractivity contribution in [2.75, 3.05) is 6.61 Å². The molecule has 17 heavy (non-hydrogen) atoms. The third-order valence-corrected chi connectivity index (χ3v) is 2.74. The highest BCUT2D eigenvalue weighted by atomic mass is 19.1. The van der Waals surface area contributed by atoms with E-state index in [1.165, 1.54) is 6.07 Å². The normalized spacial score (nSPS) is 14.4. The van der Waals surface area contributed by atoms with Crippen molar-refractivity contribution in [3.63, 3.8) is 0 Å². The van der Waals surface area contributed by atoms with E-state index in [1.807, 2.05) is 0 Å². The molecule has 1 aromatic rings. The van der Waals surface area contributed by atoms with Gasteiger partial charge in [-0.3, -0.25) is 0 Å². The van der Waals surface area contributed by atoms with Gasteiger partial charge in [0.2, 0.25) is 0 Å². The maximum absolute atomic E-state index is 13.6. The summed E-state index contributed by atoms with van der Waals surface area (Å²) in [4.78, 5) is 0. The molecule has 2 nitrogen and oxygen atoms in total. The van der Waals surface area contributed by atoms with E-state index in [0.29, 0.717) is 18.1 Å². The van der Waals surface area contributed by atoms with Crippen LogP contribution in [0.15, 0.2) is 18.2 Å². The molecule has 0 aromatic heterocycles. The molecule has 0 radical (unpaired) electrons. The van der Waals surface area contributed by atoms with E-state index in [2.05, 4.69) is 13.8 Å². The first kappa shape index (κ1) is 14.0. The summed E-state index contributed by atoms with van der Waals surface area (Å²) in [6, 6.07) is 4.59. The van der Waals surface area contributed by atoms with Crippen LogP contribution >= 0.6 is 0 Å². The van der Waals surface area contributed by atoms with Crippen LogP contribution in [0, 0.1) is 11.7 Å². The van der Waals surface area contributed by atoms with Crippen LogP contribution in [0.4, 0.5) is 4.39 Å². The van der Waals surface area contributed by atoms with Crippen molar-refractivity contribution in [2.24, 2.45) is 5.92 Å². The summed E-state index contributed by atoms with van der Waals surface area (Å²) in [6.45, 7) is 6.34. The smallest absolute Gasteiger partial charge is 0.165 e. The van der Waals surface area contributed by atoms with Gasteiger partial charge in [-0.1, -0.05) is 26.3 Å². The minimum atomic E-state index is -0.655. The number of hydrogen-bond acceptors (Lipinski definition) is 2. The Bertz CT molecular complexity index is 350. The lowest BCUT2D eigenvalue weighted by atomic mass is 10.1. The number of ether oxygens (including phenoxy) is 1. The van der Waals surface area contributed by atoms with Crippen LogP contribution in [0.1, 0.15) is 45.3 Å². The van der Waals surface area contributed by atoms with Crippen LogP contribution in [-0.2, 0) is 0 Å². The third-order valence-electron chi connectivity index (χ3n) is 2.74. The second-order valence-electron chi connectivity index (χ2n) is 4.57. The first-order valence-electron chi connectivity index (χ1n) is 6.14. The fourth-order valence-corrected chi connectivity index (χ4v) is 1.70. The van der Waals surface area contributed by atoms with Gasteiger partial charge in [0.05, 0.1) is 12.7 Å². The summed E-state index contributed by atoms with van der Waals surface area (Å²) in [6.07, 6.45) is 1.53. The number of rotatable bonds is 6. The van der Waals surface area contributed by atoms with Crippen LogP contribution in [0.3, 0.4) is 0 Å². The topological polar surface area (TPSA) is 29.5 Å². The summed E-state index contributed by atoms with van der Waals surface area (Å²) in [5, 5.41) is 9.32. The van der Waals surface area contributed by atoms with Gasteiger partial charge in [0.1, 0.15) is 0 Å². The maximum atomic E-state index is 13.6. The molecule has 0 aliphatic heterocycles. The zero-order valence-corrected chi connectivity index (χ0v) is 10.7. The Kier molecular flexibility index (Phi) is 5.42. The molecule has 1 N–H and O–H groups in total. The van der Waals surface area contributed by atoms with Crippen molar-refractivity contribution in [2.45, 2.75) is 39.7 Å². The summed E-state index contributed by atoms with van der Waals surface area (Å²) in [5.74, 6) is 0.278. The second-order valence-corrected chi connectivity index (χ2v) is 4.57. The molecule has 1 rings (SSSR count). The Morgan fingerprint density at radius 2 is 2.06 bits per heavy atom. The molecule has 1 unspecified atom stereocenters. The molecule has 0 spiro atoms. The standard InChI is InChI=1S/C14H21FO2/c1-4-5-10(2)9-17-14-7-6-12(11(3)16)8-13(14)15/h6-8,10-11,16H,4-5,9H2,1-3H3/t10?,11-/m0/s1. The lowest BCUT2D eigenvalue weighted by Gasteiger charge is -2.13. The average molecular weight is 240 g/mol. The van der Waals surface area contributed by atoms with Crippen molar-refractivity contribution in [1.82, 2.24) is 0 Å². The van der Waals surface area contributed by atoms with Gasteiger partial charge in [0.15, 0.2) is 11.6 Å². The van der Waals surface area contributed by atoms with E-state index >= 15 is 0 Å². The van der Waals surface area contributed by atoms with Crippen LogP contribution in [-0.4, -0.2) is 11.7 Å². The van der Waals surface area contributed by atoms with Gasteiger partial charge in [0.25, 0.3) is 0 Å². The predicted molar refractivity (Wildman–Crippen MR) is 66.6 cm³/mol. The number of halogens is 1. The lowest BCUT2D eigenvalue weighted by molar-refractivity contribution is 0.198. The predicted octanol–water partition coefficient (Wildman–Crippen LogP) is 3.69. The fraction of sp³-hybridized carbons (Fsp3) is 0.571. The molecule has 3 heteroatoms. The Balaban J connectivity index is 2.60. The maximum Gasteiger partial charge on any atom is 0.165 e. The summed E-state index contributed by atoms with van der Waals surface area (Å²) >= 11 is 0. The number of aliphatic hydroxyl groups is 1. The Hall–Kier alpha value is -1.09. The monoisotopic (exact) mass is 240 g/mol. The zero-order valence-electron chi connectivity index (χ0n) is 10.7. The van der Waals surface area contributed by atoms with Gasteiger partial charge in [-0.25, -0.2) is 4.39 Å². The average Bonchev–Trinajstić information content (AvgIpc) is 2.27. The SMILES string of the molecule is CCCC(C)COc1ccc([C@H](C)O)cc1F. The molecule has 0 heterocycles. The number of hydrogen-bond donors (Lipinski definition) is 1. The minimum Gasteiger partial charge on any atom is -0.490 e. The summed E-state index contributed by atoms with van der Waals surface area (Å²) in [5.41, 5.74) is 0.566. The van der Waals surface area contributed by atoms with Crippen molar-refractivity contribution in [3.05, 3.63) is 29.6 Å². The minimum absolute atomic E-state index is 0.261. The highest BCUT2D eigenvalue weighted by Gasteiger charge is 2.09.